The van der Waals surface area contributed by atoms with Gasteiger partial charge in [0.1, 0.15) is 11.8 Å². The molecule has 0 aliphatic carbocycles. The number of amides is 2. The summed E-state index contributed by atoms with van der Waals surface area (Å²) in [6.07, 6.45) is 0.442. The van der Waals surface area contributed by atoms with Crippen LogP contribution >= 0.6 is 39.1 Å². The highest BCUT2D eigenvalue weighted by Gasteiger charge is 2.31. The van der Waals surface area contributed by atoms with E-state index in [1.165, 1.54) is 4.90 Å². The monoisotopic (exact) mass is 528 g/mol. The Hall–Kier alpha value is -1.76. The largest absolute Gasteiger partial charge is 0.482 e. The van der Waals surface area contributed by atoms with E-state index in [1.807, 2.05) is 45.9 Å². The van der Waals surface area contributed by atoms with E-state index in [9.17, 15) is 9.59 Å². The molecule has 2 rings (SSSR count). The minimum absolute atomic E-state index is 0.187. The van der Waals surface area contributed by atoms with Crippen LogP contribution in [0.5, 0.6) is 5.75 Å². The first kappa shape index (κ1) is 25.5. The average Bonchev–Trinajstić information content (AvgIpc) is 2.67. The highest BCUT2D eigenvalue weighted by Crippen LogP contribution is 2.28. The zero-order valence-corrected chi connectivity index (χ0v) is 21.1. The van der Waals surface area contributed by atoms with Gasteiger partial charge in [0, 0.05) is 21.6 Å². The number of carbonyl (C=O) groups excluding carboxylic acids is 2. The van der Waals surface area contributed by atoms with E-state index in [0.717, 1.165) is 10.0 Å². The molecule has 1 atom stereocenters. The number of ether oxygens (including phenoxy) is 1. The Morgan fingerprint density at radius 1 is 1.13 bits per heavy atom. The van der Waals surface area contributed by atoms with Crippen LogP contribution in [0.15, 0.2) is 46.9 Å². The highest BCUT2D eigenvalue weighted by atomic mass is 79.9. The van der Waals surface area contributed by atoms with Gasteiger partial charge in [0.15, 0.2) is 6.61 Å². The summed E-state index contributed by atoms with van der Waals surface area (Å²) in [6, 6.07) is 11.7. The predicted molar refractivity (Wildman–Crippen MR) is 129 cm³/mol. The maximum atomic E-state index is 13.2. The van der Waals surface area contributed by atoms with Gasteiger partial charge in [0.25, 0.3) is 5.91 Å². The Balaban J connectivity index is 2.27. The number of hydrogen-bond donors (Lipinski definition) is 1. The molecule has 5 nitrogen and oxygen atoms in total. The molecule has 0 aliphatic rings. The van der Waals surface area contributed by atoms with Gasteiger partial charge in [-0.2, -0.15) is 0 Å². The molecule has 0 spiro atoms. The molecule has 2 aromatic rings. The third-order valence-corrected chi connectivity index (χ3v) is 5.59. The van der Waals surface area contributed by atoms with E-state index in [1.54, 1.807) is 24.3 Å². The molecular formula is C23H27BrCl2N2O3. The first-order valence-corrected chi connectivity index (χ1v) is 11.5. The maximum Gasteiger partial charge on any atom is 0.261 e. The molecule has 2 aromatic carbocycles. The van der Waals surface area contributed by atoms with Gasteiger partial charge in [-0.05, 0) is 57.0 Å². The lowest BCUT2D eigenvalue weighted by Gasteiger charge is -2.33. The first-order valence-electron chi connectivity index (χ1n) is 9.94. The van der Waals surface area contributed by atoms with Crippen LogP contribution in [0.4, 0.5) is 0 Å². The van der Waals surface area contributed by atoms with Gasteiger partial charge in [-0.25, -0.2) is 0 Å². The van der Waals surface area contributed by atoms with Crippen LogP contribution in [-0.4, -0.2) is 34.9 Å². The number of hydrogen-bond acceptors (Lipinski definition) is 3. The number of nitrogens with zero attached hydrogens (tertiary/aromatic N) is 1. The van der Waals surface area contributed by atoms with E-state index in [2.05, 4.69) is 21.2 Å². The quantitative estimate of drug-likeness (QED) is 0.466. The van der Waals surface area contributed by atoms with Crippen molar-refractivity contribution in [1.29, 1.82) is 0 Å². The highest BCUT2D eigenvalue weighted by molar-refractivity contribution is 9.10. The third-order valence-electron chi connectivity index (χ3n) is 4.43. The fraction of sp³-hybridized carbons (Fsp3) is 0.391. The number of carbonyl (C=O) groups is 2. The maximum absolute atomic E-state index is 13.2. The molecule has 0 saturated carbocycles. The van der Waals surface area contributed by atoms with Crippen molar-refractivity contribution in [3.8, 4) is 5.75 Å². The van der Waals surface area contributed by atoms with E-state index in [4.69, 9.17) is 27.9 Å². The summed E-state index contributed by atoms with van der Waals surface area (Å²) in [5.41, 5.74) is 0.326. The minimum Gasteiger partial charge on any atom is -0.482 e. The van der Waals surface area contributed by atoms with Crippen LogP contribution in [0.25, 0.3) is 0 Å². The molecule has 0 bridgehead atoms. The van der Waals surface area contributed by atoms with Crippen LogP contribution in [0, 0.1) is 0 Å². The van der Waals surface area contributed by atoms with Crippen molar-refractivity contribution in [2.45, 2.75) is 52.2 Å². The summed E-state index contributed by atoms with van der Waals surface area (Å²) in [4.78, 5) is 27.7. The Morgan fingerprint density at radius 2 is 1.81 bits per heavy atom. The van der Waals surface area contributed by atoms with Gasteiger partial charge in [0.2, 0.25) is 5.91 Å². The second kappa shape index (κ2) is 11.2. The van der Waals surface area contributed by atoms with Crippen molar-refractivity contribution in [3.63, 3.8) is 0 Å². The van der Waals surface area contributed by atoms with Crippen LogP contribution < -0.4 is 10.1 Å². The van der Waals surface area contributed by atoms with E-state index < -0.39 is 11.6 Å². The van der Waals surface area contributed by atoms with Crippen molar-refractivity contribution in [2.75, 3.05) is 6.61 Å². The summed E-state index contributed by atoms with van der Waals surface area (Å²) in [7, 11) is 0. The topological polar surface area (TPSA) is 58.6 Å². The number of benzene rings is 2. The van der Waals surface area contributed by atoms with E-state index in [0.29, 0.717) is 22.2 Å². The lowest BCUT2D eigenvalue weighted by molar-refractivity contribution is -0.143. The fourth-order valence-corrected chi connectivity index (χ4v) is 3.92. The Kier molecular flexibility index (Phi) is 9.22. The molecular weight excluding hydrogens is 503 g/mol. The average molecular weight is 530 g/mol. The zero-order chi connectivity index (χ0) is 23.2. The molecule has 31 heavy (non-hydrogen) atoms. The second-order valence-electron chi connectivity index (χ2n) is 8.14. The van der Waals surface area contributed by atoms with Gasteiger partial charge in [-0.3, -0.25) is 9.59 Å². The van der Waals surface area contributed by atoms with Crippen molar-refractivity contribution in [3.05, 3.63) is 62.5 Å². The molecule has 0 unspecified atom stereocenters. The molecule has 168 valence electrons. The van der Waals surface area contributed by atoms with Crippen LogP contribution in [0.2, 0.25) is 10.0 Å². The number of nitrogens with one attached hydrogen (secondary N) is 1. The van der Waals surface area contributed by atoms with Crippen molar-refractivity contribution >= 4 is 50.9 Å². The molecule has 2 amide bonds. The number of halogens is 3. The molecule has 1 N–H and O–H groups in total. The summed E-state index contributed by atoms with van der Waals surface area (Å²) in [5, 5.41) is 3.88. The SMILES string of the molecule is CC[C@@H](C(=O)NC(C)(C)C)N(Cc1ccccc1Cl)C(=O)COc1ccc(Br)cc1Cl. The van der Waals surface area contributed by atoms with Gasteiger partial charge < -0.3 is 15.0 Å². The van der Waals surface area contributed by atoms with Gasteiger partial charge in [-0.1, -0.05) is 64.3 Å². The first-order chi connectivity index (χ1) is 14.5. The van der Waals surface area contributed by atoms with Crippen molar-refractivity contribution < 1.29 is 14.3 Å². The lowest BCUT2D eigenvalue weighted by Crippen LogP contribution is -2.54. The van der Waals surface area contributed by atoms with Gasteiger partial charge in [-0.15, -0.1) is 0 Å². The smallest absolute Gasteiger partial charge is 0.261 e. The molecule has 0 heterocycles. The Morgan fingerprint density at radius 3 is 2.39 bits per heavy atom. The summed E-state index contributed by atoms with van der Waals surface area (Å²) < 4.78 is 6.48. The van der Waals surface area contributed by atoms with Gasteiger partial charge >= 0.3 is 0 Å². The van der Waals surface area contributed by atoms with Crippen molar-refractivity contribution in [1.82, 2.24) is 10.2 Å². The standard InChI is InChI=1S/C23H27BrCl2N2O3/c1-5-19(22(30)27-23(2,3)4)28(13-15-8-6-7-9-17(15)25)21(29)14-31-20-11-10-16(24)12-18(20)26/h6-12,19H,5,13-14H2,1-4H3,(H,27,30)/t19-/m0/s1. The lowest BCUT2D eigenvalue weighted by atomic mass is 10.1. The van der Waals surface area contributed by atoms with Crippen LogP contribution in [0.3, 0.4) is 0 Å². The van der Waals surface area contributed by atoms with Gasteiger partial charge in [0.05, 0.1) is 5.02 Å². The summed E-state index contributed by atoms with van der Waals surface area (Å²) >= 11 is 15.9. The molecule has 0 aliphatic heterocycles. The molecule has 0 aromatic heterocycles. The molecule has 8 heteroatoms. The Labute approximate surface area is 202 Å². The zero-order valence-electron chi connectivity index (χ0n) is 18.0. The number of rotatable bonds is 8. The third kappa shape index (κ3) is 7.70. The molecule has 0 saturated heterocycles. The summed E-state index contributed by atoms with van der Waals surface area (Å²) in [5.74, 6) is -0.171. The van der Waals surface area contributed by atoms with Crippen LogP contribution in [-0.2, 0) is 16.1 Å². The molecule has 0 radical (unpaired) electrons. The van der Waals surface area contributed by atoms with E-state index >= 15 is 0 Å². The summed E-state index contributed by atoms with van der Waals surface area (Å²) in [6.45, 7) is 7.49. The van der Waals surface area contributed by atoms with E-state index in [-0.39, 0.29) is 25.0 Å². The normalized spacial score (nSPS) is 12.2. The van der Waals surface area contributed by atoms with Crippen LogP contribution in [0.1, 0.15) is 39.7 Å². The fourth-order valence-electron chi connectivity index (χ4n) is 3.00. The predicted octanol–water partition coefficient (Wildman–Crippen LogP) is 5.86. The molecule has 0 fully saturated rings. The minimum atomic E-state index is -0.674. The van der Waals surface area contributed by atoms with Crippen molar-refractivity contribution in [2.24, 2.45) is 0 Å². The Bertz CT molecular complexity index is 931. The second-order valence-corrected chi connectivity index (χ2v) is 9.87.